The average Bonchev–Trinajstić information content (AvgIpc) is 2.59. The van der Waals surface area contributed by atoms with Crippen molar-refractivity contribution < 1.29 is 35.9 Å². The molecule has 0 amide bonds. The molecule has 8 heteroatoms. The van der Waals surface area contributed by atoms with E-state index in [0.717, 1.165) is 30.3 Å². The summed E-state index contributed by atoms with van der Waals surface area (Å²) in [4.78, 5) is 11.9. The largest absolute Gasteiger partial charge is 0.463 e. The molecule has 0 saturated carbocycles. The van der Waals surface area contributed by atoms with Crippen LogP contribution in [0.1, 0.15) is 12.5 Å². The standard InChI is InChI=1S/C19H12F6O2/c1-2-27-17(26)18(22,19(23,24)25)15-5-3-4-11-12(15)6-7-13-14(11)8-10(20)9-16(13)21/h3-9H,2H2,1H3. The third-order valence-electron chi connectivity index (χ3n) is 4.23. The third kappa shape index (κ3) is 2.89. The maximum Gasteiger partial charge on any atom is 0.437 e. The van der Waals surface area contributed by atoms with Gasteiger partial charge in [0.15, 0.2) is 0 Å². The highest BCUT2D eigenvalue weighted by Crippen LogP contribution is 2.46. The number of ether oxygens (including phenoxy) is 1. The fourth-order valence-electron chi connectivity index (χ4n) is 3.03. The Morgan fingerprint density at radius 1 is 0.926 bits per heavy atom. The van der Waals surface area contributed by atoms with Gasteiger partial charge in [0.25, 0.3) is 0 Å². The fourth-order valence-corrected chi connectivity index (χ4v) is 3.03. The SMILES string of the molecule is CCOC(=O)C(F)(c1cccc2c1ccc1c(F)cc(F)cc12)C(F)(F)F. The van der Waals surface area contributed by atoms with E-state index in [1.54, 1.807) is 0 Å². The molecule has 3 aromatic rings. The van der Waals surface area contributed by atoms with Crippen LogP contribution in [0.3, 0.4) is 0 Å². The average molecular weight is 386 g/mol. The molecular formula is C19H12F6O2. The first-order chi connectivity index (χ1) is 12.6. The van der Waals surface area contributed by atoms with Crippen molar-refractivity contribution in [3.63, 3.8) is 0 Å². The molecule has 3 aromatic carbocycles. The van der Waals surface area contributed by atoms with Crippen LogP contribution in [0.4, 0.5) is 26.3 Å². The Labute approximate surface area is 149 Å². The van der Waals surface area contributed by atoms with Crippen molar-refractivity contribution in [2.75, 3.05) is 6.61 Å². The van der Waals surface area contributed by atoms with Crippen LogP contribution >= 0.6 is 0 Å². The van der Waals surface area contributed by atoms with Crippen LogP contribution in [0.2, 0.25) is 0 Å². The van der Waals surface area contributed by atoms with Gasteiger partial charge in [-0.15, -0.1) is 0 Å². The van der Waals surface area contributed by atoms with E-state index in [1.165, 1.54) is 13.0 Å². The highest BCUT2D eigenvalue weighted by molar-refractivity contribution is 6.09. The molecule has 0 spiro atoms. The number of rotatable bonds is 3. The zero-order valence-corrected chi connectivity index (χ0v) is 13.8. The normalized spacial score (nSPS) is 14.3. The molecule has 0 bridgehead atoms. The highest BCUT2D eigenvalue weighted by atomic mass is 19.4. The van der Waals surface area contributed by atoms with Crippen LogP contribution in [0.5, 0.6) is 0 Å². The van der Waals surface area contributed by atoms with Gasteiger partial charge in [0.2, 0.25) is 0 Å². The Bertz CT molecular complexity index is 1040. The second-order valence-corrected chi connectivity index (χ2v) is 5.83. The first-order valence-electron chi connectivity index (χ1n) is 7.85. The molecule has 3 rings (SSSR count). The lowest BCUT2D eigenvalue weighted by atomic mass is 9.88. The van der Waals surface area contributed by atoms with Gasteiger partial charge in [0.05, 0.1) is 6.61 Å². The topological polar surface area (TPSA) is 26.3 Å². The van der Waals surface area contributed by atoms with Crippen molar-refractivity contribution in [2.24, 2.45) is 0 Å². The van der Waals surface area contributed by atoms with Crippen LogP contribution in [-0.2, 0) is 15.2 Å². The summed E-state index contributed by atoms with van der Waals surface area (Å²) in [5.41, 5.74) is -5.43. The second-order valence-electron chi connectivity index (χ2n) is 5.83. The van der Waals surface area contributed by atoms with E-state index in [2.05, 4.69) is 4.74 Å². The summed E-state index contributed by atoms with van der Waals surface area (Å²) in [6.45, 7) is 0.793. The van der Waals surface area contributed by atoms with Crippen LogP contribution < -0.4 is 0 Å². The Hall–Kier alpha value is -2.77. The van der Waals surface area contributed by atoms with E-state index in [4.69, 9.17) is 0 Å². The Morgan fingerprint density at radius 2 is 1.59 bits per heavy atom. The molecule has 0 radical (unpaired) electrons. The van der Waals surface area contributed by atoms with Gasteiger partial charge in [-0.1, -0.05) is 30.3 Å². The number of hydrogen-bond donors (Lipinski definition) is 0. The van der Waals surface area contributed by atoms with Crippen molar-refractivity contribution in [3.8, 4) is 0 Å². The van der Waals surface area contributed by atoms with E-state index in [9.17, 15) is 26.7 Å². The number of alkyl halides is 4. The number of fused-ring (bicyclic) bond motifs is 3. The van der Waals surface area contributed by atoms with E-state index in [1.807, 2.05) is 0 Å². The molecule has 2 nitrogen and oxygen atoms in total. The number of esters is 1. The van der Waals surface area contributed by atoms with Crippen LogP contribution in [0.25, 0.3) is 21.5 Å². The smallest absolute Gasteiger partial charge is 0.437 e. The maximum atomic E-state index is 15.2. The molecule has 0 aromatic heterocycles. The molecule has 0 aliphatic rings. The van der Waals surface area contributed by atoms with Gasteiger partial charge < -0.3 is 4.74 Å². The summed E-state index contributed by atoms with van der Waals surface area (Å²) in [5.74, 6) is -3.95. The summed E-state index contributed by atoms with van der Waals surface area (Å²) in [7, 11) is 0. The van der Waals surface area contributed by atoms with Gasteiger partial charge in [0.1, 0.15) is 11.6 Å². The first-order valence-corrected chi connectivity index (χ1v) is 7.85. The highest BCUT2D eigenvalue weighted by Gasteiger charge is 2.65. The van der Waals surface area contributed by atoms with E-state index < -0.39 is 41.6 Å². The quantitative estimate of drug-likeness (QED) is 0.335. The Kier molecular flexibility index (Phi) is 4.53. The van der Waals surface area contributed by atoms with Gasteiger partial charge >= 0.3 is 17.8 Å². The van der Waals surface area contributed by atoms with Crippen molar-refractivity contribution >= 4 is 27.5 Å². The lowest BCUT2D eigenvalue weighted by molar-refractivity contribution is -0.242. The summed E-state index contributed by atoms with van der Waals surface area (Å²) >= 11 is 0. The lowest BCUT2D eigenvalue weighted by Gasteiger charge is -2.27. The van der Waals surface area contributed by atoms with Crippen molar-refractivity contribution in [1.82, 2.24) is 0 Å². The molecule has 0 aliphatic heterocycles. The molecule has 0 saturated heterocycles. The molecule has 27 heavy (non-hydrogen) atoms. The summed E-state index contributed by atoms with van der Waals surface area (Å²) in [6.07, 6.45) is -5.60. The Balaban J connectivity index is 2.41. The van der Waals surface area contributed by atoms with Gasteiger partial charge in [0, 0.05) is 17.0 Å². The third-order valence-corrected chi connectivity index (χ3v) is 4.23. The van der Waals surface area contributed by atoms with Crippen LogP contribution in [0.15, 0.2) is 42.5 Å². The van der Waals surface area contributed by atoms with Crippen LogP contribution in [0, 0.1) is 11.6 Å². The first kappa shape index (κ1) is 19.0. The fraction of sp³-hybridized carbons (Fsp3) is 0.211. The van der Waals surface area contributed by atoms with E-state index in [-0.39, 0.29) is 21.5 Å². The second kappa shape index (κ2) is 6.44. The van der Waals surface area contributed by atoms with Gasteiger partial charge in [-0.2, -0.15) is 13.2 Å². The van der Waals surface area contributed by atoms with E-state index >= 15 is 4.39 Å². The number of halogens is 6. The number of benzene rings is 3. The van der Waals surface area contributed by atoms with Gasteiger partial charge in [-0.05, 0) is 29.1 Å². The molecule has 0 aliphatic carbocycles. The molecule has 142 valence electrons. The van der Waals surface area contributed by atoms with Crippen LogP contribution in [-0.4, -0.2) is 18.8 Å². The molecule has 0 heterocycles. The minimum absolute atomic E-state index is 0.0287. The van der Waals surface area contributed by atoms with E-state index in [0.29, 0.717) is 6.07 Å². The summed E-state index contributed by atoms with van der Waals surface area (Å²) in [6, 6.07) is 6.91. The van der Waals surface area contributed by atoms with Crippen molar-refractivity contribution in [1.29, 1.82) is 0 Å². The van der Waals surface area contributed by atoms with Crippen molar-refractivity contribution in [2.45, 2.75) is 18.8 Å². The minimum Gasteiger partial charge on any atom is -0.463 e. The number of hydrogen-bond acceptors (Lipinski definition) is 2. The zero-order chi connectivity index (χ0) is 20.0. The number of carbonyl (C=O) groups excluding carboxylic acids is 1. The number of carbonyl (C=O) groups is 1. The molecule has 0 N–H and O–H groups in total. The summed E-state index contributed by atoms with van der Waals surface area (Å²) in [5, 5.41) is -0.421. The predicted molar refractivity (Wildman–Crippen MR) is 86.8 cm³/mol. The predicted octanol–water partition coefficient (Wildman–Crippen LogP) is 5.56. The van der Waals surface area contributed by atoms with Crippen molar-refractivity contribution in [3.05, 3.63) is 59.7 Å². The zero-order valence-electron chi connectivity index (χ0n) is 13.8. The lowest BCUT2D eigenvalue weighted by Crippen LogP contribution is -2.46. The van der Waals surface area contributed by atoms with Gasteiger partial charge in [-0.3, -0.25) is 0 Å². The molecular weight excluding hydrogens is 374 g/mol. The summed E-state index contributed by atoms with van der Waals surface area (Å²) < 4.78 is 87.6. The Morgan fingerprint density at radius 3 is 2.22 bits per heavy atom. The monoisotopic (exact) mass is 386 g/mol. The molecule has 1 unspecified atom stereocenters. The van der Waals surface area contributed by atoms with Gasteiger partial charge in [-0.25, -0.2) is 18.0 Å². The molecule has 1 atom stereocenters. The minimum atomic E-state index is -5.60. The molecule has 0 fully saturated rings. The maximum absolute atomic E-state index is 15.2.